The third kappa shape index (κ3) is 2.57. The number of hydrogen-bond acceptors (Lipinski definition) is 4. The Balaban J connectivity index is 1.51. The van der Waals surface area contributed by atoms with Crippen molar-refractivity contribution in [1.82, 2.24) is 15.2 Å². The number of carbonyl (C=O) groups excluding carboxylic acids is 2. The minimum absolute atomic E-state index is 0.100. The summed E-state index contributed by atoms with van der Waals surface area (Å²) < 4.78 is 5.01. The smallest absolute Gasteiger partial charge is 0.407 e. The van der Waals surface area contributed by atoms with Gasteiger partial charge < -0.3 is 15.0 Å². The first-order chi connectivity index (χ1) is 11.6. The van der Waals surface area contributed by atoms with E-state index in [2.05, 4.69) is 10.3 Å². The van der Waals surface area contributed by atoms with Crippen LogP contribution in [-0.4, -0.2) is 47.1 Å². The Morgan fingerprint density at radius 3 is 2.75 bits per heavy atom. The summed E-state index contributed by atoms with van der Waals surface area (Å²) in [5.74, 6) is -0.100. The Kier molecular flexibility index (Phi) is 3.57. The van der Waals surface area contributed by atoms with Gasteiger partial charge >= 0.3 is 6.09 Å². The largest absolute Gasteiger partial charge is 0.447 e. The van der Waals surface area contributed by atoms with E-state index in [1.165, 1.54) is 0 Å². The maximum atomic E-state index is 12.7. The number of cyclic esters (lactones) is 1. The molecule has 2 aromatic rings. The first-order valence-electron chi connectivity index (χ1n) is 7.86. The normalized spacial score (nSPS) is 19.4. The molecule has 2 saturated heterocycles. The van der Waals surface area contributed by atoms with Crippen LogP contribution in [0.5, 0.6) is 0 Å². The number of aromatic nitrogens is 1. The molecule has 24 heavy (non-hydrogen) atoms. The van der Waals surface area contributed by atoms with Crippen LogP contribution >= 0.6 is 11.6 Å². The van der Waals surface area contributed by atoms with Gasteiger partial charge in [0, 0.05) is 23.5 Å². The minimum Gasteiger partial charge on any atom is -0.447 e. The number of rotatable bonds is 1. The number of carbonyl (C=O) groups is 2. The van der Waals surface area contributed by atoms with Gasteiger partial charge in [0.25, 0.3) is 5.91 Å². The average Bonchev–Trinajstić information content (AvgIpc) is 2.95. The van der Waals surface area contributed by atoms with Crippen molar-refractivity contribution in [2.45, 2.75) is 18.4 Å². The summed E-state index contributed by atoms with van der Waals surface area (Å²) in [4.78, 5) is 30.2. The quantitative estimate of drug-likeness (QED) is 0.862. The predicted molar refractivity (Wildman–Crippen MR) is 89.1 cm³/mol. The number of pyridine rings is 1. The van der Waals surface area contributed by atoms with Crippen LogP contribution < -0.4 is 5.32 Å². The number of alkyl carbamates (subject to hydrolysis) is 1. The number of nitrogens with zero attached hydrogens (tertiary/aromatic N) is 2. The van der Waals surface area contributed by atoms with Crippen molar-refractivity contribution in [3.63, 3.8) is 0 Å². The molecule has 0 saturated carbocycles. The van der Waals surface area contributed by atoms with E-state index in [1.54, 1.807) is 17.0 Å². The average molecular weight is 346 g/mol. The molecule has 2 aliphatic heterocycles. The summed E-state index contributed by atoms with van der Waals surface area (Å²) in [7, 11) is 0. The molecule has 0 atom stereocenters. The van der Waals surface area contributed by atoms with Gasteiger partial charge in [-0.2, -0.15) is 0 Å². The first kappa shape index (κ1) is 15.2. The van der Waals surface area contributed by atoms with E-state index in [-0.39, 0.29) is 17.5 Å². The predicted octanol–water partition coefficient (Wildman–Crippen LogP) is 2.60. The summed E-state index contributed by atoms with van der Waals surface area (Å²) in [5, 5.41) is 4.32. The zero-order chi connectivity index (χ0) is 16.7. The molecule has 1 aromatic carbocycles. The van der Waals surface area contributed by atoms with Gasteiger partial charge in [-0.1, -0.05) is 17.7 Å². The molecule has 1 N–H and O–H groups in total. The number of piperidine rings is 1. The lowest BCUT2D eigenvalue weighted by molar-refractivity contribution is 0.0638. The van der Waals surface area contributed by atoms with E-state index in [0.29, 0.717) is 48.8 Å². The molecule has 0 radical (unpaired) electrons. The van der Waals surface area contributed by atoms with Crippen LogP contribution in [0.25, 0.3) is 10.9 Å². The van der Waals surface area contributed by atoms with Crippen molar-refractivity contribution >= 4 is 34.5 Å². The highest BCUT2D eigenvalue weighted by atomic mass is 35.5. The van der Waals surface area contributed by atoms with Gasteiger partial charge in [0.1, 0.15) is 12.3 Å². The fraction of sp³-hybridized carbons (Fsp3) is 0.353. The number of likely N-dealkylation sites (tertiary alicyclic amines) is 1. The Labute approximate surface area is 143 Å². The fourth-order valence-electron chi connectivity index (χ4n) is 3.30. The molecule has 1 spiro atoms. The van der Waals surface area contributed by atoms with Gasteiger partial charge in [-0.05, 0) is 37.1 Å². The highest BCUT2D eigenvalue weighted by Crippen LogP contribution is 2.28. The molecule has 0 unspecified atom stereocenters. The van der Waals surface area contributed by atoms with E-state index in [9.17, 15) is 9.59 Å². The van der Waals surface area contributed by atoms with Crippen molar-refractivity contribution in [2.75, 3.05) is 19.7 Å². The minimum atomic E-state index is -0.372. The highest BCUT2D eigenvalue weighted by Gasteiger charge is 2.42. The molecule has 0 bridgehead atoms. The van der Waals surface area contributed by atoms with Gasteiger partial charge in [0.2, 0.25) is 0 Å². The molecule has 4 rings (SSSR count). The molecular weight excluding hydrogens is 330 g/mol. The van der Waals surface area contributed by atoms with E-state index in [0.717, 1.165) is 5.39 Å². The van der Waals surface area contributed by atoms with Crippen molar-refractivity contribution < 1.29 is 14.3 Å². The van der Waals surface area contributed by atoms with Crippen LogP contribution in [-0.2, 0) is 4.74 Å². The van der Waals surface area contributed by atoms with Gasteiger partial charge in [0.15, 0.2) is 0 Å². The Bertz CT molecular complexity index is 831. The monoisotopic (exact) mass is 345 g/mol. The number of halogens is 1. The van der Waals surface area contributed by atoms with Crippen LogP contribution in [0, 0.1) is 0 Å². The highest BCUT2D eigenvalue weighted by molar-refractivity contribution is 6.35. The topological polar surface area (TPSA) is 71.5 Å². The number of amides is 2. The molecule has 124 valence electrons. The number of benzene rings is 1. The number of nitrogens with one attached hydrogen (secondary N) is 1. The standard InChI is InChI=1S/C17H16ClN3O3/c18-12-2-1-3-13-11(12)4-5-14(19-13)15(22)21-8-6-17(7-9-21)10-24-16(23)20-17/h1-5H,6-10H2,(H,20,23). The first-order valence-corrected chi connectivity index (χ1v) is 8.24. The molecule has 2 fully saturated rings. The van der Waals surface area contributed by atoms with Crippen LogP contribution in [0.4, 0.5) is 4.79 Å². The zero-order valence-corrected chi connectivity index (χ0v) is 13.7. The molecule has 3 heterocycles. The van der Waals surface area contributed by atoms with Crippen molar-refractivity contribution in [3.8, 4) is 0 Å². The van der Waals surface area contributed by atoms with Gasteiger partial charge in [-0.3, -0.25) is 4.79 Å². The summed E-state index contributed by atoms with van der Waals surface area (Å²) >= 11 is 6.14. The third-order valence-electron chi connectivity index (χ3n) is 4.75. The molecule has 1 aromatic heterocycles. The SMILES string of the molecule is O=C1NC2(CCN(C(=O)c3ccc4c(Cl)cccc4n3)CC2)CO1. The zero-order valence-electron chi connectivity index (χ0n) is 12.9. The molecule has 6 nitrogen and oxygen atoms in total. The Morgan fingerprint density at radius 2 is 2.04 bits per heavy atom. The lowest BCUT2D eigenvalue weighted by Gasteiger charge is -2.37. The number of fused-ring (bicyclic) bond motifs is 1. The number of ether oxygens (including phenoxy) is 1. The van der Waals surface area contributed by atoms with Crippen molar-refractivity contribution in [3.05, 3.63) is 41.0 Å². The van der Waals surface area contributed by atoms with E-state index in [1.807, 2.05) is 18.2 Å². The Hall–Kier alpha value is -2.34. The second-order valence-electron chi connectivity index (χ2n) is 6.28. The maximum absolute atomic E-state index is 12.7. The summed E-state index contributed by atoms with van der Waals surface area (Å²) in [6.45, 7) is 1.51. The van der Waals surface area contributed by atoms with E-state index in [4.69, 9.17) is 16.3 Å². The van der Waals surface area contributed by atoms with Crippen LogP contribution in [0.15, 0.2) is 30.3 Å². The third-order valence-corrected chi connectivity index (χ3v) is 5.08. The lowest BCUT2D eigenvalue weighted by atomic mass is 9.89. The van der Waals surface area contributed by atoms with Gasteiger partial charge in [0.05, 0.1) is 11.1 Å². The summed E-state index contributed by atoms with van der Waals surface area (Å²) in [6.07, 6.45) is 0.996. The van der Waals surface area contributed by atoms with Crippen LogP contribution in [0.2, 0.25) is 5.02 Å². The van der Waals surface area contributed by atoms with Crippen molar-refractivity contribution in [2.24, 2.45) is 0 Å². The summed E-state index contributed by atoms with van der Waals surface area (Å²) in [5.41, 5.74) is 0.795. The second kappa shape index (κ2) is 5.63. The van der Waals surface area contributed by atoms with E-state index >= 15 is 0 Å². The van der Waals surface area contributed by atoms with Gasteiger partial charge in [-0.25, -0.2) is 9.78 Å². The van der Waals surface area contributed by atoms with E-state index < -0.39 is 0 Å². The maximum Gasteiger partial charge on any atom is 0.407 e. The Morgan fingerprint density at radius 1 is 1.25 bits per heavy atom. The summed E-state index contributed by atoms with van der Waals surface area (Å²) in [6, 6.07) is 9.00. The molecule has 2 aliphatic rings. The van der Waals surface area contributed by atoms with Crippen molar-refractivity contribution in [1.29, 1.82) is 0 Å². The molecule has 2 amide bonds. The fourth-order valence-corrected chi connectivity index (χ4v) is 3.53. The van der Waals surface area contributed by atoms with Crippen LogP contribution in [0.3, 0.4) is 0 Å². The molecular formula is C17H16ClN3O3. The lowest BCUT2D eigenvalue weighted by Crippen LogP contribution is -2.53. The molecule has 0 aliphatic carbocycles. The van der Waals surface area contributed by atoms with Gasteiger partial charge in [-0.15, -0.1) is 0 Å². The number of hydrogen-bond donors (Lipinski definition) is 1. The molecule has 7 heteroatoms. The second-order valence-corrected chi connectivity index (χ2v) is 6.68. The van der Waals surface area contributed by atoms with Crippen LogP contribution in [0.1, 0.15) is 23.3 Å².